The molecule has 0 rings (SSSR count). The lowest BCUT2D eigenvalue weighted by Crippen LogP contribution is -2.25. The predicted molar refractivity (Wildman–Crippen MR) is 85.0 cm³/mol. The molecular formula is C16H34O2P+. The fraction of sp³-hybridized carbons (Fsp3) is 1.00. The van der Waals surface area contributed by atoms with Crippen LogP contribution in [0, 0.1) is 11.3 Å². The van der Waals surface area contributed by atoms with E-state index in [4.69, 9.17) is 4.52 Å². The van der Waals surface area contributed by atoms with Gasteiger partial charge in [-0.2, -0.15) is 0 Å². The van der Waals surface area contributed by atoms with E-state index in [1.807, 2.05) is 0 Å². The Balaban J connectivity index is 4.27. The van der Waals surface area contributed by atoms with Crippen molar-refractivity contribution >= 4 is 8.03 Å². The van der Waals surface area contributed by atoms with Crippen molar-refractivity contribution in [2.24, 2.45) is 11.3 Å². The molecule has 0 aromatic heterocycles. The molecule has 0 fully saturated rings. The van der Waals surface area contributed by atoms with E-state index in [2.05, 4.69) is 48.5 Å². The Bertz CT molecular complexity index is 270. The number of unbranched alkanes of at least 4 members (excludes halogenated alkanes) is 1. The summed E-state index contributed by atoms with van der Waals surface area (Å²) in [5.74, 6) is 0.455. The molecule has 0 aliphatic rings. The van der Waals surface area contributed by atoms with Crippen LogP contribution >= 0.6 is 8.03 Å². The largest absolute Gasteiger partial charge is 0.508 e. The molecule has 0 aromatic carbocycles. The van der Waals surface area contributed by atoms with Gasteiger partial charge in [-0.1, -0.05) is 54.4 Å². The molecular weight excluding hydrogens is 255 g/mol. The molecule has 0 spiro atoms. The van der Waals surface area contributed by atoms with Gasteiger partial charge >= 0.3 is 8.03 Å². The summed E-state index contributed by atoms with van der Waals surface area (Å²) in [4.78, 5) is 0. The van der Waals surface area contributed by atoms with Crippen LogP contribution in [0.2, 0.25) is 0 Å². The standard InChI is InChI=1S/C16H34O2P/c1-8-10-11-16(7,9-2)18-19(17)13-14(3)12-15(4,5)6/h14H,8-13H2,1-7H3/q+1. The predicted octanol–water partition coefficient (Wildman–Crippen LogP) is 6.18. The maximum atomic E-state index is 12.2. The normalized spacial score (nSPS) is 17.9. The second-order valence-electron chi connectivity index (χ2n) is 7.38. The molecule has 0 heterocycles. The van der Waals surface area contributed by atoms with Gasteiger partial charge in [0.1, 0.15) is 5.60 Å². The first-order valence-electron chi connectivity index (χ1n) is 7.75. The van der Waals surface area contributed by atoms with Gasteiger partial charge in [0.15, 0.2) is 6.16 Å². The minimum atomic E-state index is -1.53. The minimum absolute atomic E-state index is 0.203. The fourth-order valence-corrected chi connectivity index (χ4v) is 3.91. The Kier molecular flexibility index (Phi) is 8.40. The molecule has 0 radical (unpaired) electrons. The van der Waals surface area contributed by atoms with Gasteiger partial charge in [0, 0.05) is 5.92 Å². The highest BCUT2D eigenvalue weighted by molar-refractivity contribution is 7.39. The molecule has 19 heavy (non-hydrogen) atoms. The SMILES string of the molecule is CCCCC(C)(CC)O[P+](=O)CC(C)CC(C)(C)C. The van der Waals surface area contributed by atoms with Crippen molar-refractivity contribution in [3.8, 4) is 0 Å². The Morgan fingerprint density at radius 3 is 2.16 bits per heavy atom. The molecule has 0 N–H and O–H groups in total. The van der Waals surface area contributed by atoms with E-state index in [0.717, 1.165) is 32.1 Å². The molecule has 0 saturated heterocycles. The number of rotatable bonds is 9. The molecule has 0 amide bonds. The van der Waals surface area contributed by atoms with Crippen molar-refractivity contribution in [3.63, 3.8) is 0 Å². The highest BCUT2D eigenvalue weighted by Gasteiger charge is 2.35. The van der Waals surface area contributed by atoms with Crippen LogP contribution in [0.3, 0.4) is 0 Å². The smallest absolute Gasteiger partial charge is 0.140 e. The Morgan fingerprint density at radius 2 is 1.74 bits per heavy atom. The molecule has 2 nitrogen and oxygen atoms in total. The minimum Gasteiger partial charge on any atom is -0.140 e. The van der Waals surface area contributed by atoms with Crippen LogP contribution in [-0.4, -0.2) is 11.8 Å². The molecule has 0 aromatic rings. The first kappa shape index (κ1) is 19.1. The average Bonchev–Trinajstić information content (AvgIpc) is 2.23. The monoisotopic (exact) mass is 289 g/mol. The van der Waals surface area contributed by atoms with Gasteiger partial charge in [-0.25, -0.2) is 0 Å². The molecule has 0 aliphatic carbocycles. The van der Waals surface area contributed by atoms with Crippen LogP contribution in [0.4, 0.5) is 0 Å². The summed E-state index contributed by atoms with van der Waals surface area (Å²) >= 11 is 0. The summed E-state index contributed by atoms with van der Waals surface area (Å²) in [7, 11) is -1.53. The maximum Gasteiger partial charge on any atom is 0.508 e. The van der Waals surface area contributed by atoms with Crippen molar-refractivity contribution < 1.29 is 9.09 Å². The van der Waals surface area contributed by atoms with Crippen molar-refractivity contribution in [3.05, 3.63) is 0 Å². The Hall–Kier alpha value is 0.0600. The third-order valence-corrected chi connectivity index (χ3v) is 5.12. The molecule has 3 unspecified atom stereocenters. The van der Waals surface area contributed by atoms with E-state index in [1.54, 1.807) is 0 Å². The summed E-state index contributed by atoms with van der Waals surface area (Å²) in [6, 6.07) is 0. The van der Waals surface area contributed by atoms with Gasteiger partial charge in [0.05, 0.1) is 0 Å². The molecule has 0 bridgehead atoms. The lowest BCUT2D eigenvalue weighted by atomic mass is 9.86. The van der Waals surface area contributed by atoms with Gasteiger partial charge in [-0.15, -0.1) is 4.52 Å². The fourth-order valence-electron chi connectivity index (χ4n) is 2.49. The van der Waals surface area contributed by atoms with Gasteiger partial charge < -0.3 is 0 Å². The van der Waals surface area contributed by atoms with E-state index in [9.17, 15) is 4.57 Å². The van der Waals surface area contributed by atoms with E-state index >= 15 is 0 Å². The average molecular weight is 289 g/mol. The van der Waals surface area contributed by atoms with Crippen molar-refractivity contribution in [2.75, 3.05) is 6.16 Å². The number of hydrogen-bond acceptors (Lipinski definition) is 2. The van der Waals surface area contributed by atoms with Gasteiger partial charge in [-0.05, 0) is 36.2 Å². The van der Waals surface area contributed by atoms with Crippen LogP contribution < -0.4 is 0 Å². The van der Waals surface area contributed by atoms with Gasteiger partial charge in [-0.3, -0.25) is 0 Å². The molecule has 3 heteroatoms. The first-order chi connectivity index (χ1) is 8.62. The Morgan fingerprint density at radius 1 is 1.16 bits per heavy atom. The molecule has 3 atom stereocenters. The quantitative estimate of drug-likeness (QED) is 0.474. The third-order valence-electron chi connectivity index (χ3n) is 3.55. The molecule has 114 valence electrons. The van der Waals surface area contributed by atoms with E-state index in [-0.39, 0.29) is 5.60 Å². The van der Waals surface area contributed by atoms with Crippen LogP contribution in [0.5, 0.6) is 0 Å². The molecule has 0 aliphatic heterocycles. The summed E-state index contributed by atoms with van der Waals surface area (Å²) in [6.07, 6.45) is 6.03. The third kappa shape index (κ3) is 9.57. The van der Waals surface area contributed by atoms with Crippen LogP contribution in [0.15, 0.2) is 0 Å². The highest BCUT2D eigenvalue weighted by atomic mass is 31.1. The summed E-state index contributed by atoms with van der Waals surface area (Å²) in [6.45, 7) is 15.3. The zero-order valence-electron chi connectivity index (χ0n) is 14.1. The van der Waals surface area contributed by atoms with E-state index < -0.39 is 8.03 Å². The summed E-state index contributed by atoms with van der Waals surface area (Å²) < 4.78 is 18.1. The summed E-state index contributed by atoms with van der Waals surface area (Å²) in [5.41, 5.74) is 0.0940. The van der Waals surface area contributed by atoms with Crippen LogP contribution in [-0.2, 0) is 9.09 Å². The first-order valence-corrected chi connectivity index (χ1v) is 9.12. The number of hydrogen-bond donors (Lipinski definition) is 0. The van der Waals surface area contributed by atoms with Crippen LogP contribution in [0.1, 0.15) is 80.6 Å². The second kappa shape index (κ2) is 8.37. The Labute approximate surface area is 121 Å². The van der Waals surface area contributed by atoms with E-state index in [0.29, 0.717) is 17.5 Å². The van der Waals surface area contributed by atoms with Gasteiger partial charge in [0.25, 0.3) is 0 Å². The van der Waals surface area contributed by atoms with Crippen molar-refractivity contribution in [2.45, 2.75) is 86.2 Å². The van der Waals surface area contributed by atoms with Crippen molar-refractivity contribution in [1.29, 1.82) is 0 Å². The summed E-state index contributed by atoms with van der Waals surface area (Å²) in [5, 5.41) is 0. The van der Waals surface area contributed by atoms with Crippen LogP contribution in [0.25, 0.3) is 0 Å². The second-order valence-corrected chi connectivity index (χ2v) is 8.60. The molecule has 0 saturated carbocycles. The lowest BCUT2D eigenvalue weighted by molar-refractivity contribution is 0.0815. The van der Waals surface area contributed by atoms with Gasteiger partial charge in [0.2, 0.25) is 0 Å². The highest BCUT2D eigenvalue weighted by Crippen LogP contribution is 2.38. The maximum absolute atomic E-state index is 12.2. The van der Waals surface area contributed by atoms with E-state index in [1.165, 1.54) is 0 Å². The lowest BCUT2D eigenvalue weighted by Gasteiger charge is -2.23. The van der Waals surface area contributed by atoms with Crippen molar-refractivity contribution in [1.82, 2.24) is 0 Å². The zero-order chi connectivity index (χ0) is 15.1. The zero-order valence-corrected chi connectivity index (χ0v) is 15.0. The topological polar surface area (TPSA) is 26.3 Å².